The molecule has 2 amide bonds. The highest BCUT2D eigenvalue weighted by atomic mass is 19.4. The quantitative estimate of drug-likeness (QED) is 0.411. The van der Waals surface area contributed by atoms with Gasteiger partial charge in [0.2, 0.25) is 0 Å². The number of carbonyl (C=O) groups is 2. The van der Waals surface area contributed by atoms with Crippen molar-refractivity contribution in [1.82, 2.24) is 0 Å². The number of halogens is 3. The van der Waals surface area contributed by atoms with Gasteiger partial charge in [-0.15, -0.1) is 6.58 Å². The van der Waals surface area contributed by atoms with Gasteiger partial charge < -0.3 is 24.5 Å². The number of benzene rings is 2. The molecule has 0 radical (unpaired) electrons. The number of anilines is 2. The first kappa shape index (κ1) is 24.4. The van der Waals surface area contributed by atoms with Gasteiger partial charge in [0.05, 0.1) is 24.6 Å². The Labute approximate surface area is 193 Å². The van der Waals surface area contributed by atoms with Crippen LogP contribution in [0.25, 0.3) is 0 Å². The van der Waals surface area contributed by atoms with E-state index < -0.39 is 35.8 Å². The molecule has 2 aromatic carbocycles. The number of hydrogen-bond acceptors (Lipinski definition) is 5. The summed E-state index contributed by atoms with van der Waals surface area (Å²) in [6.45, 7) is 3.11. The largest absolute Gasteiger partial charge is 0.493 e. The third-order valence-electron chi connectivity index (χ3n) is 4.57. The molecule has 178 valence electrons. The standard InChI is InChI=1S/C24H21F3N2O5/c1-3-5-15-7-10-19(21(12-15)32-2)34-14-22(30)29-18-9-8-16(13-17(18)24(25,26)27)28-23(31)20-6-4-11-33-20/h3-4,6-13H,1,5,14H2,2H3,(H,28,31)(H,29,30). The lowest BCUT2D eigenvalue weighted by molar-refractivity contribution is -0.137. The van der Waals surface area contributed by atoms with Gasteiger partial charge in [0, 0.05) is 5.69 Å². The molecule has 10 heteroatoms. The summed E-state index contributed by atoms with van der Waals surface area (Å²) in [4.78, 5) is 24.4. The number of rotatable bonds is 9. The number of furan rings is 1. The van der Waals surface area contributed by atoms with E-state index in [2.05, 4.69) is 17.2 Å². The Hall–Kier alpha value is -4.21. The number of hydrogen-bond donors (Lipinski definition) is 2. The number of amides is 2. The van der Waals surface area contributed by atoms with Crippen LogP contribution in [-0.2, 0) is 17.4 Å². The van der Waals surface area contributed by atoms with Crippen molar-refractivity contribution in [3.63, 3.8) is 0 Å². The maximum Gasteiger partial charge on any atom is 0.418 e. The number of nitrogens with one attached hydrogen (secondary N) is 2. The van der Waals surface area contributed by atoms with Gasteiger partial charge in [0.15, 0.2) is 23.9 Å². The summed E-state index contributed by atoms with van der Waals surface area (Å²) in [5, 5.41) is 4.52. The van der Waals surface area contributed by atoms with Crippen LogP contribution in [0.2, 0.25) is 0 Å². The predicted molar refractivity (Wildman–Crippen MR) is 119 cm³/mol. The van der Waals surface area contributed by atoms with Crippen LogP contribution < -0.4 is 20.1 Å². The molecule has 0 aliphatic heterocycles. The van der Waals surface area contributed by atoms with E-state index in [1.807, 2.05) is 0 Å². The Kier molecular flexibility index (Phi) is 7.62. The number of alkyl halides is 3. The van der Waals surface area contributed by atoms with E-state index in [0.29, 0.717) is 12.2 Å². The molecule has 34 heavy (non-hydrogen) atoms. The first-order chi connectivity index (χ1) is 16.2. The van der Waals surface area contributed by atoms with Crippen molar-refractivity contribution >= 4 is 23.2 Å². The van der Waals surface area contributed by atoms with Crippen LogP contribution in [0, 0.1) is 0 Å². The smallest absolute Gasteiger partial charge is 0.418 e. The highest BCUT2D eigenvalue weighted by Crippen LogP contribution is 2.37. The summed E-state index contributed by atoms with van der Waals surface area (Å²) in [5.41, 5.74) is -0.820. The monoisotopic (exact) mass is 474 g/mol. The third-order valence-corrected chi connectivity index (χ3v) is 4.57. The lowest BCUT2D eigenvalue weighted by Crippen LogP contribution is -2.23. The summed E-state index contributed by atoms with van der Waals surface area (Å²) in [6.07, 6.45) is -1.20. The fourth-order valence-electron chi connectivity index (χ4n) is 3.02. The summed E-state index contributed by atoms with van der Waals surface area (Å²) in [6, 6.07) is 10.9. The van der Waals surface area contributed by atoms with Crippen LogP contribution in [0.3, 0.4) is 0 Å². The molecule has 2 N–H and O–H groups in total. The van der Waals surface area contributed by atoms with Crippen LogP contribution in [0.4, 0.5) is 24.5 Å². The minimum absolute atomic E-state index is 0.0592. The second-order valence-electron chi connectivity index (χ2n) is 7.00. The molecule has 1 aromatic heterocycles. The fourth-order valence-corrected chi connectivity index (χ4v) is 3.02. The summed E-state index contributed by atoms with van der Waals surface area (Å²) in [7, 11) is 1.43. The topological polar surface area (TPSA) is 89.8 Å². The zero-order valence-electron chi connectivity index (χ0n) is 18.1. The number of methoxy groups -OCH3 is 1. The lowest BCUT2D eigenvalue weighted by Gasteiger charge is -2.16. The molecule has 0 atom stereocenters. The van der Waals surface area contributed by atoms with Gasteiger partial charge in [-0.1, -0.05) is 12.1 Å². The van der Waals surface area contributed by atoms with Gasteiger partial charge in [-0.3, -0.25) is 9.59 Å². The van der Waals surface area contributed by atoms with E-state index in [-0.39, 0.29) is 17.2 Å². The average molecular weight is 474 g/mol. The summed E-state index contributed by atoms with van der Waals surface area (Å²) in [5.74, 6) is -0.945. The molecule has 0 fully saturated rings. The van der Waals surface area contributed by atoms with Crippen molar-refractivity contribution in [1.29, 1.82) is 0 Å². The SMILES string of the molecule is C=CCc1ccc(OCC(=O)Nc2ccc(NC(=O)c3ccco3)cc2C(F)(F)F)c(OC)c1. The van der Waals surface area contributed by atoms with Gasteiger partial charge in [-0.2, -0.15) is 13.2 Å². The number of ether oxygens (including phenoxy) is 2. The Balaban J connectivity index is 1.71. The molecule has 3 rings (SSSR count). The summed E-state index contributed by atoms with van der Waals surface area (Å²) >= 11 is 0. The number of allylic oxidation sites excluding steroid dienone is 1. The van der Waals surface area contributed by atoms with Gasteiger partial charge in [0.1, 0.15) is 0 Å². The predicted octanol–water partition coefficient (Wildman–Crippen LogP) is 5.31. The zero-order valence-corrected chi connectivity index (χ0v) is 18.1. The molecule has 0 aliphatic rings. The van der Waals surface area contributed by atoms with E-state index in [1.54, 1.807) is 24.3 Å². The van der Waals surface area contributed by atoms with Gasteiger partial charge in [-0.05, 0) is 54.4 Å². The second-order valence-corrected chi connectivity index (χ2v) is 7.00. The average Bonchev–Trinajstić information content (AvgIpc) is 3.34. The number of carbonyl (C=O) groups excluding carboxylic acids is 2. The molecular formula is C24H21F3N2O5. The van der Waals surface area contributed by atoms with Crippen LogP contribution >= 0.6 is 0 Å². The first-order valence-corrected chi connectivity index (χ1v) is 9.98. The van der Waals surface area contributed by atoms with Crippen LogP contribution in [0.15, 0.2) is 71.9 Å². The third kappa shape index (κ3) is 6.18. The van der Waals surface area contributed by atoms with Gasteiger partial charge >= 0.3 is 6.18 Å². The van der Waals surface area contributed by atoms with Crippen LogP contribution in [0.5, 0.6) is 11.5 Å². The van der Waals surface area contributed by atoms with Crippen molar-refractivity contribution in [3.05, 3.63) is 84.3 Å². The van der Waals surface area contributed by atoms with Gasteiger partial charge in [0.25, 0.3) is 11.8 Å². The minimum Gasteiger partial charge on any atom is -0.493 e. The fraction of sp³-hybridized carbons (Fsp3) is 0.167. The van der Waals surface area contributed by atoms with E-state index in [9.17, 15) is 22.8 Å². The first-order valence-electron chi connectivity index (χ1n) is 9.98. The van der Waals surface area contributed by atoms with E-state index >= 15 is 0 Å². The molecule has 0 unspecified atom stereocenters. The highest BCUT2D eigenvalue weighted by molar-refractivity contribution is 6.02. The molecule has 0 spiro atoms. The summed E-state index contributed by atoms with van der Waals surface area (Å²) < 4.78 is 56.4. The molecule has 3 aromatic rings. The lowest BCUT2D eigenvalue weighted by atomic mass is 10.1. The zero-order chi connectivity index (χ0) is 24.7. The van der Waals surface area contributed by atoms with Crippen LogP contribution in [0.1, 0.15) is 21.7 Å². The van der Waals surface area contributed by atoms with Crippen molar-refractivity contribution in [2.75, 3.05) is 24.4 Å². The minimum atomic E-state index is -4.79. The van der Waals surface area contributed by atoms with Gasteiger partial charge in [-0.25, -0.2) is 0 Å². The Morgan fingerprint density at radius 3 is 2.53 bits per heavy atom. The molecule has 0 saturated heterocycles. The maximum atomic E-state index is 13.6. The van der Waals surface area contributed by atoms with Crippen molar-refractivity contribution < 1.29 is 36.7 Å². The van der Waals surface area contributed by atoms with E-state index in [4.69, 9.17) is 13.9 Å². The second kappa shape index (κ2) is 10.6. The van der Waals surface area contributed by atoms with Crippen molar-refractivity contribution in [3.8, 4) is 11.5 Å². The normalized spacial score (nSPS) is 10.9. The van der Waals surface area contributed by atoms with E-state index in [0.717, 1.165) is 17.7 Å². The Morgan fingerprint density at radius 1 is 1.09 bits per heavy atom. The molecule has 1 heterocycles. The molecule has 0 bridgehead atoms. The Bertz CT molecular complexity index is 1170. The molecule has 0 saturated carbocycles. The Morgan fingerprint density at radius 2 is 1.88 bits per heavy atom. The van der Waals surface area contributed by atoms with E-state index in [1.165, 1.54) is 31.6 Å². The molecule has 0 aliphatic carbocycles. The van der Waals surface area contributed by atoms with Crippen molar-refractivity contribution in [2.24, 2.45) is 0 Å². The molecular weight excluding hydrogens is 453 g/mol. The van der Waals surface area contributed by atoms with Crippen LogP contribution in [-0.4, -0.2) is 25.5 Å². The maximum absolute atomic E-state index is 13.6. The van der Waals surface area contributed by atoms with Crippen molar-refractivity contribution in [2.45, 2.75) is 12.6 Å². The highest BCUT2D eigenvalue weighted by Gasteiger charge is 2.34. The molecule has 7 nitrogen and oxygen atoms in total.